The van der Waals surface area contributed by atoms with Crippen LogP contribution < -0.4 is 5.69 Å². The highest BCUT2D eigenvalue weighted by atomic mass is 19.1. The molecule has 1 atom stereocenters. The molecule has 36 heavy (non-hydrogen) atoms. The van der Waals surface area contributed by atoms with E-state index in [2.05, 4.69) is 44.8 Å². The molecule has 5 rings (SSSR count). The molecule has 2 aromatic heterocycles. The van der Waals surface area contributed by atoms with Crippen molar-refractivity contribution in [3.05, 3.63) is 118 Å². The van der Waals surface area contributed by atoms with Crippen molar-refractivity contribution < 1.29 is 4.39 Å². The number of nitrogens with zero attached hydrogens (tertiary/aromatic N) is 2. The zero-order valence-electron chi connectivity index (χ0n) is 20.1. The Morgan fingerprint density at radius 3 is 2.81 bits per heavy atom. The summed E-state index contributed by atoms with van der Waals surface area (Å²) in [6.45, 7) is 5.66. The van der Waals surface area contributed by atoms with Gasteiger partial charge in [-0.25, -0.2) is 9.18 Å². The average Bonchev–Trinajstić information content (AvgIpc) is 3.25. The van der Waals surface area contributed by atoms with E-state index < -0.39 is 0 Å². The minimum absolute atomic E-state index is 0.234. The highest BCUT2D eigenvalue weighted by molar-refractivity contribution is 5.77. The number of pyridine rings is 1. The minimum Gasteiger partial charge on any atom is -0.306 e. The van der Waals surface area contributed by atoms with Gasteiger partial charge < -0.3 is 9.97 Å². The fraction of sp³-hybridized carbons (Fsp3) is 0.167. The lowest BCUT2D eigenvalue weighted by atomic mass is 9.86. The molecule has 2 aromatic carbocycles. The number of hydrogen-bond acceptors (Lipinski definition) is 3. The number of aliphatic imine (C=N–C) groups is 1. The molecule has 2 N–H and O–H groups in total. The Kier molecular flexibility index (Phi) is 6.58. The molecule has 0 aliphatic heterocycles. The first-order valence-electron chi connectivity index (χ1n) is 12.0. The number of aryl methyl sites for hydroxylation is 1. The summed E-state index contributed by atoms with van der Waals surface area (Å²) in [5.74, 6) is -0.0270. The number of H-pyrrole nitrogens is 2. The lowest BCUT2D eigenvalue weighted by molar-refractivity contribution is 0.626. The largest absolute Gasteiger partial charge is 0.323 e. The fourth-order valence-corrected chi connectivity index (χ4v) is 4.58. The number of aromatic nitrogens is 3. The van der Waals surface area contributed by atoms with Crippen molar-refractivity contribution in [1.82, 2.24) is 15.0 Å². The SMILES string of the molecule is C=Cc1ccc(CC2C=CC=C(c3cc(C)c(N=CCc4ccc5[nH]c(=O)[nH]c5c4)c(F)c3)C2)nc1. The van der Waals surface area contributed by atoms with E-state index in [1.54, 1.807) is 18.4 Å². The summed E-state index contributed by atoms with van der Waals surface area (Å²) < 4.78 is 15.1. The van der Waals surface area contributed by atoms with E-state index >= 15 is 4.39 Å². The molecule has 0 saturated carbocycles. The molecule has 0 radical (unpaired) electrons. The van der Waals surface area contributed by atoms with E-state index in [-0.39, 0.29) is 11.5 Å². The summed E-state index contributed by atoms with van der Waals surface area (Å²) in [6.07, 6.45) is 13.8. The Hall–Kier alpha value is -4.32. The van der Waals surface area contributed by atoms with Crippen LogP contribution in [0.1, 0.15) is 34.4 Å². The van der Waals surface area contributed by atoms with Crippen LogP contribution in [0.15, 0.2) is 83.3 Å². The van der Waals surface area contributed by atoms with Crippen molar-refractivity contribution in [3.8, 4) is 0 Å². The molecule has 0 spiro atoms. The van der Waals surface area contributed by atoms with Crippen LogP contribution in [0.3, 0.4) is 0 Å². The molecule has 180 valence electrons. The molecule has 1 aliphatic carbocycles. The Bertz CT molecular complexity index is 1550. The van der Waals surface area contributed by atoms with Crippen molar-refractivity contribution in [3.63, 3.8) is 0 Å². The van der Waals surface area contributed by atoms with E-state index in [0.717, 1.165) is 57.4 Å². The van der Waals surface area contributed by atoms with Crippen LogP contribution in [-0.4, -0.2) is 21.2 Å². The van der Waals surface area contributed by atoms with Gasteiger partial charge in [-0.15, -0.1) is 0 Å². The zero-order valence-corrected chi connectivity index (χ0v) is 20.1. The molecule has 1 aliphatic rings. The van der Waals surface area contributed by atoms with Crippen LogP contribution in [-0.2, 0) is 12.8 Å². The molecule has 4 aromatic rings. The highest BCUT2D eigenvalue weighted by Crippen LogP contribution is 2.33. The van der Waals surface area contributed by atoms with Crippen LogP contribution in [0, 0.1) is 18.7 Å². The van der Waals surface area contributed by atoms with Crippen LogP contribution in [0.4, 0.5) is 10.1 Å². The van der Waals surface area contributed by atoms with E-state index in [9.17, 15) is 4.79 Å². The number of allylic oxidation sites excluding steroid dienone is 4. The van der Waals surface area contributed by atoms with Crippen molar-refractivity contribution in [2.24, 2.45) is 10.9 Å². The van der Waals surface area contributed by atoms with Gasteiger partial charge in [0.15, 0.2) is 0 Å². The standard InChI is InChI=1S/C30H27FN4O/c1-3-20-7-9-25(33-18-20)15-22-5-4-6-23(14-22)24-13-19(2)29(26(31)17-24)32-12-11-21-8-10-27-28(16-21)35-30(36)34-27/h3-10,12-13,16-18,22H,1,11,14-15H2,2H3,(H2,34,35,36). The maximum Gasteiger partial charge on any atom is 0.323 e. The number of fused-ring (bicyclic) bond motifs is 1. The summed E-state index contributed by atoms with van der Waals surface area (Å²) in [5, 5.41) is 0. The Morgan fingerprint density at radius 2 is 2.03 bits per heavy atom. The summed E-state index contributed by atoms with van der Waals surface area (Å²) in [7, 11) is 0. The number of rotatable bonds is 7. The molecule has 5 nitrogen and oxygen atoms in total. The van der Waals surface area contributed by atoms with Crippen LogP contribution in [0.5, 0.6) is 0 Å². The minimum atomic E-state index is -0.333. The second kappa shape index (κ2) is 10.1. The van der Waals surface area contributed by atoms with Gasteiger partial charge >= 0.3 is 5.69 Å². The number of halogens is 1. The van der Waals surface area contributed by atoms with Crippen molar-refractivity contribution >= 4 is 34.6 Å². The Labute approximate surface area is 208 Å². The van der Waals surface area contributed by atoms with Gasteiger partial charge in [-0.1, -0.05) is 43.0 Å². The van der Waals surface area contributed by atoms with E-state index in [4.69, 9.17) is 0 Å². The summed E-state index contributed by atoms with van der Waals surface area (Å²) in [6, 6.07) is 13.3. The van der Waals surface area contributed by atoms with Gasteiger partial charge in [0.2, 0.25) is 0 Å². The maximum atomic E-state index is 15.1. The zero-order chi connectivity index (χ0) is 25.1. The Morgan fingerprint density at radius 1 is 1.17 bits per heavy atom. The third-order valence-corrected chi connectivity index (χ3v) is 6.47. The van der Waals surface area contributed by atoms with Crippen molar-refractivity contribution in [1.29, 1.82) is 0 Å². The number of hydrogen-bond donors (Lipinski definition) is 2. The first-order valence-corrected chi connectivity index (χ1v) is 12.0. The molecule has 0 saturated heterocycles. The number of aromatic amines is 2. The molecule has 0 fully saturated rings. The summed E-state index contributed by atoms with van der Waals surface area (Å²) in [5.41, 5.74) is 7.43. The van der Waals surface area contributed by atoms with Gasteiger partial charge in [0.1, 0.15) is 11.5 Å². The molecular weight excluding hydrogens is 451 g/mol. The fourth-order valence-electron chi connectivity index (χ4n) is 4.58. The molecular formula is C30H27FN4O. The van der Waals surface area contributed by atoms with Crippen LogP contribution in [0.25, 0.3) is 22.7 Å². The van der Waals surface area contributed by atoms with Gasteiger partial charge in [0.05, 0.1) is 11.0 Å². The van der Waals surface area contributed by atoms with E-state index in [0.29, 0.717) is 18.0 Å². The third-order valence-electron chi connectivity index (χ3n) is 6.47. The molecule has 0 amide bonds. The predicted octanol–water partition coefficient (Wildman–Crippen LogP) is 6.49. The normalized spacial score (nSPS) is 15.5. The monoisotopic (exact) mass is 478 g/mol. The highest BCUT2D eigenvalue weighted by Gasteiger charge is 2.16. The average molecular weight is 479 g/mol. The first kappa shape index (κ1) is 23.4. The third kappa shape index (κ3) is 5.18. The predicted molar refractivity (Wildman–Crippen MR) is 145 cm³/mol. The lowest BCUT2D eigenvalue weighted by Gasteiger charge is -2.19. The molecule has 6 heteroatoms. The summed E-state index contributed by atoms with van der Waals surface area (Å²) in [4.78, 5) is 25.9. The van der Waals surface area contributed by atoms with Gasteiger partial charge in [0.25, 0.3) is 0 Å². The van der Waals surface area contributed by atoms with Crippen LogP contribution in [0.2, 0.25) is 0 Å². The molecule has 2 heterocycles. The maximum absolute atomic E-state index is 15.1. The number of nitrogens with one attached hydrogen (secondary N) is 2. The second-order valence-electron chi connectivity index (χ2n) is 9.13. The smallest absolute Gasteiger partial charge is 0.306 e. The second-order valence-corrected chi connectivity index (χ2v) is 9.13. The Balaban J connectivity index is 1.27. The number of benzene rings is 2. The van der Waals surface area contributed by atoms with Crippen molar-refractivity contribution in [2.75, 3.05) is 0 Å². The van der Waals surface area contributed by atoms with Gasteiger partial charge in [-0.05, 0) is 83.8 Å². The van der Waals surface area contributed by atoms with Gasteiger partial charge in [-0.3, -0.25) is 9.98 Å². The quantitative estimate of drug-likeness (QED) is 0.298. The summed E-state index contributed by atoms with van der Waals surface area (Å²) >= 11 is 0. The lowest BCUT2D eigenvalue weighted by Crippen LogP contribution is -2.07. The van der Waals surface area contributed by atoms with Gasteiger partial charge in [-0.2, -0.15) is 0 Å². The number of imidazole rings is 1. The van der Waals surface area contributed by atoms with Crippen molar-refractivity contribution in [2.45, 2.75) is 26.2 Å². The van der Waals surface area contributed by atoms with Crippen LogP contribution >= 0.6 is 0 Å². The van der Waals surface area contributed by atoms with Gasteiger partial charge in [0, 0.05) is 24.5 Å². The molecule has 1 unspecified atom stereocenters. The molecule has 0 bridgehead atoms. The van der Waals surface area contributed by atoms with E-state index in [1.165, 1.54) is 0 Å². The topological polar surface area (TPSA) is 73.9 Å². The van der Waals surface area contributed by atoms with E-state index in [1.807, 2.05) is 49.5 Å². The first-order chi connectivity index (χ1) is 17.5.